The van der Waals surface area contributed by atoms with E-state index in [0.717, 1.165) is 19.3 Å². The van der Waals surface area contributed by atoms with Crippen molar-refractivity contribution in [2.24, 2.45) is 22.2 Å². The Morgan fingerprint density at radius 3 is 2.72 bits per heavy atom. The SMILES string of the molecule is C=C(C1=CCCC=C1C(C)C=NC)C1=CC=CCC1C(C)(C)C=CC. The van der Waals surface area contributed by atoms with Crippen LogP contribution in [0.1, 0.15) is 47.0 Å². The minimum atomic E-state index is 0.115. The van der Waals surface area contributed by atoms with Gasteiger partial charge in [0.15, 0.2) is 0 Å². The summed E-state index contributed by atoms with van der Waals surface area (Å²) >= 11 is 0. The summed E-state index contributed by atoms with van der Waals surface area (Å²) < 4.78 is 0. The van der Waals surface area contributed by atoms with Crippen molar-refractivity contribution in [2.75, 3.05) is 7.05 Å². The van der Waals surface area contributed by atoms with Gasteiger partial charge >= 0.3 is 0 Å². The van der Waals surface area contributed by atoms with Crippen LogP contribution >= 0.6 is 0 Å². The largest absolute Gasteiger partial charge is 0.300 e. The quantitative estimate of drug-likeness (QED) is 0.381. The Bertz CT molecular complexity index is 677. The summed E-state index contributed by atoms with van der Waals surface area (Å²) in [5, 5.41) is 0. The van der Waals surface area contributed by atoms with E-state index in [1.54, 1.807) is 0 Å². The van der Waals surface area contributed by atoms with Crippen LogP contribution in [-0.2, 0) is 0 Å². The normalized spacial score (nSPS) is 22.8. The van der Waals surface area contributed by atoms with Gasteiger partial charge in [-0.15, -0.1) is 0 Å². The number of hydrogen-bond donors (Lipinski definition) is 0. The van der Waals surface area contributed by atoms with Crippen LogP contribution in [0, 0.1) is 17.3 Å². The van der Waals surface area contributed by atoms with Crippen molar-refractivity contribution >= 4 is 6.21 Å². The minimum absolute atomic E-state index is 0.115. The molecular formula is C24H33N. The highest BCUT2D eigenvalue weighted by Crippen LogP contribution is 2.44. The molecule has 0 aromatic rings. The Morgan fingerprint density at radius 2 is 2.04 bits per heavy atom. The highest BCUT2D eigenvalue weighted by Gasteiger charge is 2.32. The van der Waals surface area contributed by atoms with E-state index in [-0.39, 0.29) is 5.41 Å². The molecule has 0 radical (unpaired) electrons. The molecule has 2 unspecified atom stereocenters. The first-order valence-corrected chi connectivity index (χ1v) is 9.45. The van der Waals surface area contributed by atoms with Crippen LogP contribution in [-0.4, -0.2) is 13.3 Å². The summed E-state index contributed by atoms with van der Waals surface area (Å²) in [6.45, 7) is 13.5. The van der Waals surface area contributed by atoms with E-state index in [1.165, 1.54) is 22.3 Å². The van der Waals surface area contributed by atoms with Gasteiger partial charge in [-0.2, -0.15) is 0 Å². The highest BCUT2D eigenvalue weighted by molar-refractivity contribution is 5.70. The lowest BCUT2D eigenvalue weighted by atomic mass is 9.67. The summed E-state index contributed by atoms with van der Waals surface area (Å²) in [5.41, 5.74) is 5.38. The molecule has 2 aliphatic rings. The van der Waals surface area contributed by atoms with Crippen LogP contribution in [0.25, 0.3) is 0 Å². The standard InChI is InChI=1S/C24H33N/c1-7-16-24(4,5)23-15-11-10-14-22(23)19(3)21-13-9-8-12-20(21)18(2)17-25-6/h7,10-14,16-18,23H,3,8-9,15H2,1-2,4-6H3. The van der Waals surface area contributed by atoms with Crippen LogP contribution in [0.3, 0.4) is 0 Å². The van der Waals surface area contributed by atoms with Gasteiger partial charge in [0.25, 0.3) is 0 Å². The highest BCUT2D eigenvalue weighted by atomic mass is 14.6. The number of rotatable bonds is 6. The number of aliphatic imine (C=N–C) groups is 1. The van der Waals surface area contributed by atoms with Crippen molar-refractivity contribution in [3.63, 3.8) is 0 Å². The van der Waals surface area contributed by atoms with Gasteiger partial charge in [0.1, 0.15) is 0 Å². The summed E-state index contributed by atoms with van der Waals surface area (Å²) in [6, 6.07) is 0. The average molecular weight is 336 g/mol. The molecule has 1 heteroatoms. The predicted octanol–water partition coefficient (Wildman–Crippen LogP) is 6.63. The zero-order valence-corrected chi connectivity index (χ0v) is 16.5. The lowest BCUT2D eigenvalue weighted by Gasteiger charge is -2.36. The number of nitrogens with zero attached hydrogens (tertiary/aromatic N) is 1. The van der Waals surface area contributed by atoms with Gasteiger partial charge in [-0.05, 0) is 59.8 Å². The predicted molar refractivity (Wildman–Crippen MR) is 112 cm³/mol. The molecule has 0 bridgehead atoms. The maximum Gasteiger partial charge on any atom is 0.0273 e. The lowest BCUT2D eigenvalue weighted by Crippen LogP contribution is -2.26. The van der Waals surface area contributed by atoms with Crippen molar-refractivity contribution in [2.45, 2.75) is 47.0 Å². The fourth-order valence-corrected chi connectivity index (χ4v) is 4.07. The van der Waals surface area contributed by atoms with Crippen LogP contribution < -0.4 is 0 Å². The van der Waals surface area contributed by atoms with Gasteiger partial charge in [-0.25, -0.2) is 0 Å². The molecule has 0 fully saturated rings. The molecule has 0 aliphatic heterocycles. The van der Waals surface area contributed by atoms with Crippen LogP contribution in [0.5, 0.6) is 0 Å². The van der Waals surface area contributed by atoms with Crippen LogP contribution in [0.15, 0.2) is 76.4 Å². The van der Waals surface area contributed by atoms with Crippen molar-refractivity contribution in [3.05, 3.63) is 71.4 Å². The molecule has 0 heterocycles. The fraction of sp³-hybridized carbons (Fsp3) is 0.458. The zero-order valence-electron chi connectivity index (χ0n) is 16.5. The number of hydrogen-bond acceptors (Lipinski definition) is 1. The third kappa shape index (κ3) is 4.39. The topological polar surface area (TPSA) is 12.4 Å². The van der Waals surface area contributed by atoms with Gasteiger partial charge in [0, 0.05) is 19.2 Å². The smallest absolute Gasteiger partial charge is 0.0273 e. The third-order valence-corrected chi connectivity index (χ3v) is 5.38. The Hall–Kier alpha value is -1.89. The first-order valence-electron chi connectivity index (χ1n) is 9.45. The molecule has 0 aromatic carbocycles. The Morgan fingerprint density at radius 1 is 1.32 bits per heavy atom. The Kier molecular flexibility index (Phi) is 6.58. The minimum Gasteiger partial charge on any atom is -0.300 e. The van der Waals surface area contributed by atoms with Crippen LogP contribution in [0.4, 0.5) is 0 Å². The van der Waals surface area contributed by atoms with Gasteiger partial charge in [-0.1, -0.05) is 69.9 Å². The molecule has 0 amide bonds. The number of allylic oxidation sites excluding steroid dienone is 11. The Labute approximate surface area is 154 Å². The monoisotopic (exact) mass is 335 g/mol. The molecule has 0 aromatic heterocycles. The molecule has 2 aliphatic carbocycles. The summed E-state index contributed by atoms with van der Waals surface area (Å²) in [4.78, 5) is 4.24. The summed E-state index contributed by atoms with van der Waals surface area (Å²) in [5.74, 6) is 0.787. The van der Waals surface area contributed by atoms with Crippen molar-refractivity contribution < 1.29 is 0 Å². The van der Waals surface area contributed by atoms with Crippen molar-refractivity contribution in [3.8, 4) is 0 Å². The summed E-state index contributed by atoms with van der Waals surface area (Å²) in [7, 11) is 1.85. The molecule has 0 N–H and O–H groups in total. The second kappa shape index (κ2) is 8.47. The van der Waals surface area contributed by atoms with Gasteiger partial charge in [0.2, 0.25) is 0 Å². The molecule has 0 saturated carbocycles. The molecule has 0 spiro atoms. The first-order chi connectivity index (χ1) is 11.9. The lowest BCUT2D eigenvalue weighted by molar-refractivity contribution is 0.330. The van der Waals surface area contributed by atoms with Crippen molar-refractivity contribution in [1.29, 1.82) is 0 Å². The van der Waals surface area contributed by atoms with Gasteiger partial charge in [0.05, 0.1) is 0 Å². The van der Waals surface area contributed by atoms with E-state index >= 15 is 0 Å². The zero-order chi connectivity index (χ0) is 18.4. The molecule has 0 saturated heterocycles. The molecule has 25 heavy (non-hydrogen) atoms. The second-order valence-corrected chi connectivity index (χ2v) is 7.69. The van der Waals surface area contributed by atoms with E-state index < -0.39 is 0 Å². The fourth-order valence-electron chi connectivity index (χ4n) is 4.07. The van der Waals surface area contributed by atoms with E-state index in [0.29, 0.717) is 11.8 Å². The van der Waals surface area contributed by atoms with E-state index in [9.17, 15) is 0 Å². The summed E-state index contributed by atoms with van der Waals surface area (Å²) in [6.07, 6.45) is 21.3. The first kappa shape index (κ1) is 19.4. The second-order valence-electron chi connectivity index (χ2n) is 7.69. The van der Waals surface area contributed by atoms with Crippen LogP contribution in [0.2, 0.25) is 0 Å². The van der Waals surface area contributed by atoms with E-state index in [2.05, 4.69) is 81.8 Å². The average Bonchev–Trinajstić information content (AvgIpc) is 2.61. The Balaban J connectivity index is 2.37. The third-order valence-electron chi connectivity index (χ3n) is 5.38. The molecule has 1 nitrogen and oxygen atoms in total. The maximum atomic E-state index is 4.54. The molecule has 2 rings (SSSR count). The van der Waals surface area contributed by atoms with E-state index in [1.807, 2.05) is 13.3 Å². The van der Waals surface area contributed by atoms with Crippen molar-refractivity contribution in [1.82, 2.24) is 0 Å². The van der Waals surface area contributed by atoms with E-state index in [4.69, 9.17) is 0 Å². The molecule has 134 valence electrons. The van der Waals surface area contributed by atoms with Gasteiger partial charge in [-0.3, -0.25) is 0 Å². The molecular weight excluding hydrogens is 302 g/mol. The molecule has 2 atom stereocenters. The van der Waals surface area contributed by atoms with Gasteiger partial charge < -0.3 is 4.99 Å². The maximum absolute atomic E-state index is 4.54.